The van der Waals surface area contributed by atoms with Crippen LogP contribution in [0, 0.1) is 11.3 Å². The van der Waals surface area contributed by atoms with E-state index in [1.54, 1.807) is 0 Å². The molecule has 0 aliphatic heterocycles. The molecule has 0 amide bonds. The summed E-state index contributed by atoms with van der Waals surface area (Å²) in [5.74, 6) is 0. The Hall–Kier alpha value is -2.31. The molecule has 0 spiro atoms. The van der Waals surface area contributed by atoms with E-state index < -0.39 is 5.54 Å². The van der Waals surface area contributed by atoms with Gasteiger partial charge in [0, 0.05) is 18.8 Å². The minimum Gasteiger partial charge on any atom is -0.368 e. The second-order valence-electron chi connectivity index (χ2n) is 6.08. The summed E-state index contributed by atoms with van der Waals surface area (Å²) in [6.07, 6.45) is 8.43. The number of nitrogens with zero attached hydrogens (tertiary/aromatic N) is 2. The molecule has 1 atom stereocenters. The minimum absolute atomic E-state index is 0.624. The maximum absolute atomic E-state index is 9.57. The second-order valence-corrected chi connectivity index (χ2v) is 6.08. The summed E-state index contributed by atoms with van der Waals surface area (Å²) in [4.78, 5) is 2.35. The van der Waals surface area contributed by atoms with Gasteiger partial charge in [-0.3, -0.25) is 4.90 Å². The third-order valence-electron chi connectivity index (χ3n) is 3.91. The molecule has 1 aromatic rings. The summed E-state index contributed by atoms with van der Waals surface area (Å²) in [7, 11) is 0. The van der Waals surface area contributed by atoms with Crippen molar-refractivity contribution in [1.29, 1.82) is 5.26 Å². The van der Waals surface area contributed by atoms with Gasteiger partial charge in [0.2, 0.25) is 0 Å². The van der Waals surface area contributed by atoms with Crippen LogP contribution in [-0.4, -0.2) is 23.5 Å². The van der Waals surface area contributed by atoms with Gasteiger partial charge >= 0.3 is 0 Å². The molecule has 0 aliphatic carbocycles. The molecule has 3 heteroatoms. The summed E-state index contributed by atoms with van der Waals surface area (Å²) in [5, 5.41) is 12.8. The number of rotatable bonds is 10. The first kappa shape index (κ1) is 19.7. The molecular formula is C21H29N3. The molecule has 0 saturated carbocycles. The number of benzene rings is 1. The molecule has 1 rings (SSSR count). The molecule has 3 nitrogen and oxygen atoms in total. The van der Waals surface area contributed by atoms with Crippen molar-refractivity contribution in [2.24, 2.45) is 0 Å². The van der Waals surface area contributed by atoms with Gasteiger partial charge in [-0.15, -0.1) is 0 Å². The average molecular weight is 323 g/mol. The third kappa shape index (κ3) is 7.30. The maximum atomic E-state index is 9.57. The molecule has 0 heterocycles. The van der Waals surface area contributed by atoms with Gasteiger partial charge in [0.05, 0.1) is 6.07 Å². The normalized spacial score (nSPS) is 14.0. The van der Waals surface area contributed by atoms with E-state index in [4.69, 9.17) is 0 Å². The van der Waals surface area contributed by atoms with E-state index in [1.807, 2.05) is 44.2 Å². The Morgan fingerprint density at radius 3 is 2.62 bits per heavy atom. The number of nitriles is 1. The molecule has 0 fully saturated rings. The van der Waals surface area contributed by atoms with Gasteiger partial charge in [-0.2, -0.15) is 5.26 Å². The van der Waals surface area contributed by atoms with Crippen LogP contribution in [0.25, 0.3) is 0 Å². The van der Waals surface area contributed by atoms with Gasteiger partial charge in [0.1, 0.15) is 5.54 Å². The largest absolute Gasteiger partial charge is 0.368 e. The van der Waals surface area contributed by atoms with Crippen LogP contribution in [-0.2, 0) is 6.54 Å². The first-order valence-electron chi connectivity index (χ1n) is 8.47. The van der Waals surface area contributed by atoms with Gasteiger partial charge in [0.15, 0.2) is 0 Å². The third-order valence-corrected chi connectivity index (χ3v) is 3.91. The highest BCUT2D eigenvalue weighted by molar-refractivity contribution is 5.22. The monoisotopic (exact) mass is 323 g/mol. The van der Waals surface area contributed by atoms with Crippen molar-refractivity contribution in [3.63, 3.8) is 0 Å². The standard InChI is InChI=1S/C21H29N3/c1-5-7-9-12-19(3)23-21(4,18-22)15-16-24(6-2)17-20-13-10-8-11-14-20/h5,7-14,23H,3,6,15-17H2,1-2,4H3/b7-5-,12-9-. The second kappa shape index (κ2) is 10.5. The minimum atomic E-state index is -0.624. The van der Waals surface area contributed by atoms with Crippen LogP contribution < -0.4 is 5.32 Å². The fourth-order valence-electron chi connectivity index (χ4n) is 2.40. The molecule has 1 N–H and O–H groups in total. The quantitative estimate of drug-likeness (QED) is 0.648. The van der Waals surface area contributed by atoms with E-state index in [0.717, 1.165) is 31.8 Å². The Morgan fingerprint density at radius 1 is 1.33 bits per heavy atom. The topological polar surface area (TPSA) is 39.1 Å². The van der Waals surface area contributed by atoms with Crippen LogP contribution in [0.1, 0.15) is 32.8 Å². The van der Waals surface area contributed by atoms with Crippen molar-refractivity contribution >= 4 is 0 Å². The van der Waals surface area contributed by atoms with Crippen LogP contribution in [0.15, 0.2) is 66.9 Å². The van der Waals surface area contributed by atoms with Gasteiger partial charge in [-0.1, -0.05) is 62.1 Å². The average Bonchev–Trinajstić information content (AvgIpc) is 2.59. The zero-order chi connectivity index (χ0) is 17.8. The van der Waals surface area contributed by atoms with Gasteiger partial charge in [0.25, 0.3) is 0 Å². The van der Waals surface area contributed by atoms with Crippen LogP contribution in [0.3, 0.4) is 0 Å². The number of hydrogen-bond donors (Lipinski definition) is 1. The SMILES string of the molecule is C=C(/C=C\C=C/C)NC(C)(C#N)CCN(CC)Cc1ccccc1. The van der Waals surface area contributed by atoms with Crippen molar-refractivity contribution in [1.82, 2.24) is 10.2 Å². The summed E-state index contributed by atoms with van der Waals surface area (Å²) >= 11 is 0. The maximum Gasteiger partial charge on any atom is 0.123 e. The lowest BCUT2D eigenvalue weighted by Crippen LogP contribution is -2.42. The van der Waals surface area contributed by atoms with E-state index >= 15 is 0 Å². The van der Waals surface area contributed by atoms with Crippen LogP contribution in [0.4, 0.5) is 0 Å². The Kier molecular flexibility index (Phi) is 8.60. The fraction of sp³-hybridized carbons (Fsp3) is 0.381. The number of nitrogens with one attached hydrogen (secondary N) is 1. The highest BCUT2D eigenvalue weighted by Crippen LogP contribution is 2.14. The van der Waals surface area contributed by atoms with Gasteiger partial charge in [-0.25, -0.2) is 0 Å². The smallest absolute Gasteiger partial charge is 0.123 e. The van der Waals surface area contributed by atoms with E-state index in [2.05, 4.69) is 54.1 Å². The fourth-order valence-corrected chi connectivity index (χ4v) is 2.40. The van der Waals surface area contributed by atoms with Crippen LogP contribution in [0.5, 0.6) is 0 Å². The Balaban J connectivity index is 2.59. The van der Waals surface area contributed by atoms with Crippen molar-refractivity contribution < 1.29 is 0 Å². The number of allylic oxidation sites excluding steroid dienone is 4. The predicted octanol–water partition coefficient (Wildman–Crippen LogP) is 4.42. The summed E-state index contributed by atoms with van der Waals surface area (Å²) in [6, 6.07) is 12.8. The molecule has 1 aromatic carbocycles. The van der Waals surface area contributed by atoms with E-state index in [-0.39, 0.29) is 0 Å². The van der Waals surface area contributed by atoms with E-state index in [9.17, 15) is 5.26 Å². The summed E-state index contributed by atoms with van der Waals surface area (Å²) in [5.41, 5.74) is 1.43. The molecule has 24 heavy (non-hydrogen) atoms. The molecule has 0 saturated heterocycles. The van der Waals surface area contributed by atoms with Crippen molar-refractivity contribution in [2.75, 3.05) is 13.1 Å². The van der Waals surface area contributed by atoms with Crippen LogP contribution in [0.2, 0.25) is 0 Å². The van der Waals surface area contributed by atoms with Gasteiger partial charge in [-0.05, 0) is 38.5 Å². The first-order chi connectivity index (χ1) is 11.5. The predicted molar refractivity (Wildman–Crippen MR) is 102 cm³/mol. The molecule has 0 bridgehead atoms. The van der Waals surface area contributed by atoms with Gasteiger partial charge < -0.3 is 5.32 Å². The highest BCUT2D eigenvalue weighted by atomic mass is 15.1. The molecule has 0 radical (unpaired) electrons. The number of hydrogen-bond acceptors (Lipinski definition) is 3. The molecule has 0 aliphatic rings. The molecule has 128 valence electrons. The Labute approximate surface area is 147 Å². The molecular weight excluding hydrogens is 294 g/mol. The van der Waals surface area contributed by atoms with E-state index in [0.29, 0.717) is 0 Å². The molecule has 0 aromatic heterocycles. The van der Waals surface area contributed by atoms with Crippen molar-refractivity contribution in [2.45, 2.75) is 39.3 Å². The summed E-state index contributed by atoms with van der Waals surface area (Å²) in [6.45, 7) is 12.7. The zero-order valence-corrected chi connectivity index (χ0v) is 15.1. The Morgan fingerprint density at radius 2 is 2.04 bits per heavy atom. The van der Waals surface area contributed by atoms with Crippen LogP contribution >= 0.6 is 0 Å². The lowest BCUT2D eigenvalue weighted by atomic mass is 9.98. The summed E-state index contributed by atoms with van der Waals surface area (Å²) < 4.78 is 0. The molecule has 1 unspecified atom stereocenters. The van der Waals surface area contributed by atoms with Crippen molar-refractivity contribution in [3.05, 3.63) is 72.5 Å². The lowest BCUT2D eigenvalue weighted by molar-refractivity contribution is 0.253. The van der Waals surface area contributed by atoms with E-state index in [1.165, 1.54) is 5.56 Å². The highest BCUT2D eigenvalue weighted by Gasteiger charge is 2.24. The lowest BCUT2D eigenvalue weighted by Gasteiger charge is -2.28. The Bertz CT molecular complexity index is 595. The first-order valence-corrected chi connectivity index (χ1v) is 8.47. The van der Waals surface area contributed by atoms with Crippen molar-refractivity contribution in [3.8, 4) is 6.07 Å². The zero-order valence-electron chi connectivity index (χ0n) is 15.1.